The maximum Gasteiger partial charge on any atom is 0.335 e. The summed E-state index contributed by atoms with van der Waals surface area (Å²) in [6.45, 7) is 0.461. The minimum absolute atomic E-state index is 0. The second-order valence-electron chi connectivity index (χ2n) is 9.36. The van der Waals surface area contributed by atoms with E-state index in [9.17, 15) is 9.90 Å². The van der Waals surface area contributed by atoms with Crippen molar-refractivity contribution in [2.45, 2.75) is 31.4 Å². The fourth-order valence-electron chi connectivity index (χ4n) is 4.62. The third kappa shape index (κ3) is 7.52. The average Bonchev–Trinajstić information content (AvgIpc) is 2.92. The van der Waals surface area contributed by atoms with Gasteiger partial charge in [0.25, 0.3) is 0 Å². The number of aromatic carboxylic acids is 1. The number of benzene rings is 4. The monoisotopic (exact) mass is 565 g/mol. The number of carboxylic acid groups (broad SMARTS) is 1. The highest BCUT2D eigenvalue weighted by molar-refractivity contribution is 6.30. The molecule has 1 aliphatic carbocycles. The van der Waals surface area contributed by atoms with Crippen molar-refractivity contribution in [2.24, 2.45) is 0 Å². The molecule has 4 aromatic rings. The van der Waals surface area contributed by atoms with Gasteiger partial charge in [0.2, 0.25) is 0 Å². The van der Waals surface area contributed by atoms with Crippen molar-refractivity contribution in [2.75, 3.05) is 6.54 Å². The van der Waals surface area contributed by atoms with Crippen LogP contribution in [0, 0.1) is 0 Å². The maximum absolute atomic E-state index is 11.0. The van der Waals surface area contributed by atoms with E-state index < -0.39 is 12.1 Å². The van der Waals surface area contributed by atoms with Crippen LogP contribution >= 0.6 is 24.0 Å². The van der Waals surface area contributed by atoms with E-state index in [1.165, 1.54) is 23.3 Å². The van der Waals surface area contributed by atoms with Crippen LogP contribution in [0.3, 0.4) is 0 Å². The molecule has 0 bridgehead atoms. The fraction of sp³-hybridized carbons (Fsp3) is 0.194. The first-order valence-corrected chi connectivity index (χ1v) is 12.9. The Balaban J connectivity index is 0.00000353. The van der Waals surface area contributed by atoms with Gasteiger partial charge in [-0.2, -0.15) is 0 Å². The second kappa shape index (κ2) is 13.0. The molecule has 0 aliphatic heterocycles. The molecule has 6 nitrogen and oxygen atoms in total. The highest BCUT2D eigenvalue weighted by Gasteiger charge is 2.20. The fourth-order valence-corrected chi connectivity index (χ4v) is 4.82. The lowest BCUT2D eigenvalue weighted by atomic mass is 9.88. The molecule has 0 unspecified atom stereocenters. The Kier molecular flexibility index (Phi) is 9.49. The number of carbonyl (C=O) groups is 1. The van der Waals surface area contributed by atoms with Crippen LogP contribution in [-0.2, 0) is 12.8 Å². The zero-order chi connectivity index (χ0) is 26.5. The Bertz CT molecular complexity index is 1430. The molecule has 8 heteroatoms. The van der Waals surface area contributed by atoms with Crippen molar-refractivity contribution >= 4 is 30.0 Å². The van der Waals surface area contributed by atoms with Crippen molar-refractivity contribution in [3.63, 3.8) is 0 Å². The molecule has 1 aliphatic rings. The number of fused-ring (bicyclic) bond motifs is 1. The van der Waals surface area contributed by atoms with Gasteiger partial charge >= 0.3 is 5.97 Å². The summed E-state index contributed by atoms with van der Waals surface area (Å²) in [7, 11) is 0. The van der Waals surface area contributed by atoms with E-state index >= 15 is 0 Å². The molecule has 4 aromatic carbocycles. The van der Waals surface area contributed by atoms with E-state index in [1.807, 2.05) is 36.4 Å². The Morgan fingerprint density at radius 1 is 0.872 bits per heavy atom. The summed E-state index contributed by atoms with van der Waals surface area (Å²) in [4.78, 5) is 11.0. The highest BCUT2D eigenvalue weighted by atomic mass is 35.5. The Labute approximate surface area is 238 Å². The van der Waals surface area contributed by atoms with Crippen LogP contribution in [0.1, 0.15) is 39.6 Å². The summed E-state index contributed by atoms with van der Waals surface area (Å²) in [5, 5.41) is 23.7. The van der Waals surface area contributed by atoms with Crippen LogP contribution in [0.5, 0.6) is 23.0 Å². The number of rotatable bonds is 9. The van der Waals surface area contributed by atoms with E-state index in [1.54, 1.807) is 30.3 Å². The zero-order valence-electron chi connectivity index (χ0n) is 21.0. The lowest BCUT2D eigenvalue weighted by Crippen LogP contribution is -2.37. The minimum atomic E-state index is -0.978. The molecule has 202 valence electrons. The van der Waals surface area contributed by atoms with Crippen molar-refractivity contribution in [3.8, 4) is 23.0 Å². The van der Waals surface area contributed by atoms with Gasteiger partial charge in [0.15, 0.2) is 0 Å². The molecule has 0 saturated heterocycles. The molecule has 0 amide bonds. The molecule has 0 spiro atoms. The van der Waals surface area contributed by atoms with Gasteiger partial charge in [-0.25, -0.2) is 4.79 Å². The van der Waals surface area contributed by atoms with Gasteiger partial charge in [-0.05, 0) is 96.6 Å². The summed E-state index contributed by atoms with van der Waals surface area (Å²) in [5.74, 6) is 1.53. The Morgan fingerprint density at radius 3 is 2.26 bits per heavy atom. The van der Waals surface area contributed by atoms with Gasteiger partial charge in [-0.3, -0.25) is 0 Å². The van der Waals surface area contributed by atoms with E-state index in [4.69, 9.17) is 26.2 Å². The molecule has 0 radical (unpaired) electrons. The third-order valence-corrected chi connectivity index (χ3v) is 6.85. The SMILES string of the molecule is Cl.O=C(O)c1ccc(Oc2cccc(Oc3ccc4c(c3)C[C@@H](NC[C@H](O)c3cccc(Cl)c3)CC4)c2)cc1. The summed E-state index contributed by atoms with van der Waals surface area (Å²) in [6, 6.07) is 27.3. The van der Waals surface area contributed by atoms with E-state index in [0.29, 0.717) is 28.8 Å². The van der Waals surface area contributed by atoms with E-state index in [0.717, 1.165) is 30.6 Å². The van der Waals surface area contributed by atoms with Crippen LogP contribution in [0.25, 0.3) is 0 Å². The molecular formula is C31H29Cl2NO5. The minimum Gasteiger partial charge on any atom is -0.478 e. The number of ether oxygens (including phenoxy) is 2. The van der Waals surface area contributed by atoms with Crippen molar-refractivity contribution < 1.29 is 24.5 Å². The standard InChI is InChI=1S/C31H28ClNO5.ClH/c32-24-4-1-3-22(15-24)30(34)19-33-25-11-7-20-8-14-29(17-23(20)16-25)38-28-6-2-5-27(18-28)37-26-12-9-21(10-13-26)31(35)36;/h1-6,8-10,12-15,17-18,25,30,33-34H,7,11,16,19H2,(H,35,36);1H/t25-,30-;/m0./s1. The van der Waals surface area contributed by atoms with E-state index in [2.05, 4.69) is 17.4 Å². The first kappa shape index (κ1) is 28.5. The van der Waals surface area contributed by atoms with Gasteiger partial charge in [0.1, 0.15) is 23.0 Å². The number of nitrogens with one attached hydrogen (secondary N) is 1. The molecule has 0 fully saturated rings. The molecule has 0 aromatic heterocycles. The third-order valence-electron chi connectivity index (χ3n) is 6.62. The van der Waals surface area contributed by atoms with E-state index in [-0.39, 0.29) is 24.0 Å². The molecule has 3 N–H and O–H groups in total. The summed E-state index contributed by atoms with van der Waals surface area (Å²) < 4.78 is 12.0. The first-order valence-electron chi connectivity index (χ1n) is 12.5. The number of halogens is 2. The topological polar surface area (TPSA) is 88.0 Å². The average molecular weight is 566 g/mol. The molecule has 2 atom stereocenters. The normalized spacial score (nSPS) is 15.0. The molecule has 39 heavy (non-hydrogen) atoms. The first-order chi connectivity index (χ1) is 18.4. The van der Waals surface area contributed by atoms with Crippen molar-refractivity contribution in [1.29, 1.82) is 0 Å². The zero-order valence-corrected chi connectivity index (χ0v) is 22.6. The van der Waals surface area contributed by atoms with Crippen LogP contribution < -0.4 is 14.8 Å². The summed E-state index contributed by atoms with van der Waals surface area (Å²) in [5.41, 5.74) is 3.55. The molecule has 0 saturated carbocycles. The smallest absolute Gasteiger partial charge is 0.335 e. The summed E-state index contributed by atoms with van der Waals surface area (Å²) >= 11 is 6.06. The predicted molar refractivity (Wildman–Crippen MR) is 154 cm³/mol. The van der Waals surface area contributed by atoms with Gasteiger partial charge in [-0.1, -0.05) is 35.9 Å². The Morgan fingerprint density at radius 2 is 1.54 bits per heavy atom. The number of carboxylic acids is 1. The molecule has 0 heterocycles. The number of hydrogen-bond donors (Lipinski definition) is 3. The maximum atomic E-state index is 11.0. The van der Waals surface area contributed by atoms with Gasteiger partial charge in [0.05, 0.1) is 11.7 Å². The summed E-state index contributed by atoms with van der Waals surface area (Å²) in [6.07, 6.45) is 2.20. The van der Waals surface area contributed by atoms with Crippen molar-refractivity contribution in [1.82, 2.24) is 5.32 Å². The van der Waals surface area contributed by atoms with Crippen LogP contribution in [-0.4, -0.2) is 28.8 Å². The van der Waals surface area contributed by atoms with Crippen LogP contribution in [0.4, 0.5) is 0 Å². The lowest BCUT2D eigenvalue weighted by Gasteiger charge is -2.27. The van der Waals surface area contributed by atoms with Gasteiger partial charge in [-0.15, -0.1) is 12.4 Å². The second-order valence-corrected chi connectivity index (χ2v) is 9.79. The highest BCUT2D eigenvalue weighted by Crippen LogP contribution is 2.31. The van der Waals surface area contributed by atoms with Gasteiger partial charge in [0, 0.05) is 23.7 Å². The molecular weight excluding hydrogens is 537 g/mol. The predicted octanol–water partition coefficient (Wildman–Crippen LogP) is 7.23. The number of aliphatic hydroxyl groups is 1. The molecule has 5 rings (SSSR count). The van der Waals surface area contributed by atoms with Crippen LogP contribution in [0.2, 0.25) is 5.02 Å². The largest absolute Gasteiger partial charge is 0.478 e. The quantitative estimate of drug-likeness (QED) is 0.198. The Hall–Kier alpha value is -3.55. The van der Waals surface area contributed by atoms with Crippen molar-refractivity contribution in [3.05, 3.63) is 118 Å². The number of aliphatic hydroxyl groups excluding tert-OH is 1. The number of hydrogen-bond acceptors (Lipinski definition) is 5. The lowest BCUT2D eigenvalue weighted by molar-refractivity contribution is 0.0697. The van der Waals surface area contributed by atoms with Gasteiger partial charge < -0.3 is 25.0 Å². The number of aryl methyl sites for hydroxylation is 1. The van der Waals surface area contributed by atoms with Crippen LogP contribution in [0.15, 0.2) is 91.0 Å².